The molecule has 0 aromatic heterocycles. The second kappa shape index (κ2) is 3.89. The predicted molar refractivity (Wildman–Crippen MR) is 67.6 cm³/mol. The van der Waals surface area contributed by atoms with Crippen LogP contribution < -0.4 is 10.6 Å². The smallest absolute Gasteiger partial charge is 0.101 e. The van der Waals surface area contributed by atoms with Crippen LogP contribution in [0.3, 0.4) is 0 Å². The maximum absolute atomic E-state index is 3.48. The monoisotopic (exact) mass is 210 g/mol. The summed E-state index contributed by atoms with van der Waals surface area (Å²) in [6, 6.07) is 18.8. The first-order chi connectivity index (χ1) is 7.92. The third-order valence-electron chi connectivity index (χ3n) is 2.89. The van der Waals surface area contributed by atoms with E-state index in [1.165, 1.54) is 11.3 Å². The first-order valence-electron chi connectivity index (χ1n) is 5.58. The summed E-state index contributed by atoms with van der Waals surface area (Å²) in [5.41, 5.74) is 3.79. The molecule has 2 aromatic carbocycles. The minimum Gasteiger partial charge on any atom is -0.365 e. The maximum atomic E-state index is 3.48. The highest BCUT2D eigenvalue weighted by Crippen LogP contribution is 2.25. The number of hydrogen-bond acceptors (Lipinski definition) is 2. The Morgan fingerprint density at radius 2 is 1.69 bits per heavy atom. The van der Waals surface area contributed by atoms with Crippen molar-refractivity contribution in [3.05, 3.63) is 60.2 Å². The van der Waals surface area contributed by atoms with Crippen LogP contribution in [0.25, 0.3) is 0 Å². The lowest BCUT2D eigenvalue weighted by Crippen LogP contribution is -2.25. The van der Waals surface area contributed by atoms with Crippen LogP contribution in [0.1, 0.15) is 5.56 Å². The van der Waals surface area contributed by atoms with Gasteiger partial charge in [-0.3, -0.25) is 0 Å². The van der Waals surface area contributed by atoms with Crippen molar-refractivity contribution >= 4 is 11.4 Å². The third-order valence-corrected chi connectivity index (χ3v) is 2.89. The van der Waals surface area contributed by atoms with Crippen LogP contribution in [0.2, 0.25) is 0 Å². The van der Waals surface area contributed by atoms with E-state index in [0.29, 0.717) is 6.17 Å². The highest BCUT2D eigenvalue weighted by Gasteiger charge is 2.18. The van der Waals surface area contributed by atoms with Crippen LogP contribution in [0.15, 0.2) is 54.6 Å². The second-order valence-corrected chi connectivity index (χ2v) is 4.07. The molecule has 0 radical (unpaired) electrons. The van der Waals surface area contributed by atoms with E-state index in [2.05, 4.69) is 47.0 Å². The Balaban J connectivity index is 1.73. The highest BCUT2D eigenvalue weighted by atomic mass is 15.1. The summed E-state index contributed by atoms with van der Waals surface area (Å²) in [4.78, 5) is 0. The van der Waals surface area contributed by atoms with E-state index < -0.39 is 0 Å². The Bertz CT molecular complexity index is 454. The summed E-state index contributed by atoms with van der Waals surface area (Å²) in [5.74, 6) is 0. The maximum Gasteiger partial charge on any atom is 0.101 e. The van der Waals surface area contributed by atoms with Gasteiger partial charge in [-0.15, -0.1) is 0 Å². The van der Waals surface area contributed by atoms with Gasteiger partial charge in [0.25, 0.3) is 0 Å². The lowest BCUT2D eigenvalue weighted by atomic mass is 10.1. The molecule has 3 rings (SSSR count). The molecule has 2 nitrogen and oxygen atoms in total. The van der Waals surface area contributed by atoms with Crippen molar-refractivity contribution in [2.75, 3.05) is 10.6 Å². The Hall–Kier alpha value is -1.96. The quantitative estimate of drug-likeness (QED) is 0.796. The van der Waals surface area contributed by atoms with Gasteiger partial charge in [0.15, 0.2) is 0 Å². The highest BCUT2D eigenvalue weighted by molar-refractivity contribution is 5.59. The lowest BCUT2D eigenvalue weighted by Gasteiger charge is -2.14. The number of nitrogens with one attached hydrogen (secondary N) is 2. The molecule has 2 N–H and O–H groups in total. The number of para-hydroxylation sites is 2. The van der Waals surface area contributed by atoms with Crippen LogP contribution in [0.4, 0.5) is 11.4 Å². The van der Waals surface area contributed by atoms with Crippen molar-refractivity contribution in [1.29, 1.82) is 0 Å². The van der Waals surface area contributed by atoms with Crippen LogP contribution in [-0.2, 0) is 6.42 Å². The summed E-state index contributed by atoms with van der Waals surface area (Å²) in [6.45, 7) is 0. The van der Waals surface area contributed by atoms with Gasteiger partial charge < -0.3 is 10.6 Å². The summed E-state index contributed by atoms with van der Waals surface area (Å²) in [6.07, 6.45) is 1.34. The molecule has 0 aliphatic carbocycles. The van der Waals surface area contributed by atoms with E-state index in [4.69, 9.17) is 0 Å². The van der Waals surface area contributed by atoms with Gasteiger partial charge in [0.1, 0.15) is 6.17 Å². The fourth-order valence-electron chi connectivity index (χ4n) is 2.12. The molecular weight excluding hydrogens is 196 g/mol. The summed E-state index contributed by atoms with van der Waals surface area (Å²) < 4.78 is 0. The molecular formula is C14H14N2. The van der Waals surface area contributed by atoms with Crippen molar-refractivity contribution in [2.24, 2.45) is 0 Å². The molecule has 0 spiro atoms. The standard InChI is InChI=1S/C14H14N2/c1-2-7-12(8-3-1)15-14-10-11-6-4-5-9-13(11)16-14/h1-9,14-16H,10H2. The summed E-state index contributed by atoms with van der Waals surface area (Å²) in [7, 11) is 0. The van der Waals surface area contributed by atoms with Crippen molar-refractivity contribution in [3.63, 3.8) is 0 Å². The molecule has 16 heavy (non-hydrogen) atoms. The topological polar surface area (TPSA) is 24.1 Å². The van der Waals surface area contributed by atoms with Crippen LogP contribution in [0.5, 0.6) is 0 Å². The first kappa shape index (κ1) is 9.28. The van der Waals surface area contributed by atoms with Crippen molar-refractivity contribution in [2.45, 2.75) is 12.6 Å². The largest absolute Gasteiger partial charge is 0.365 e. The molecule has 1 atom stereocenters. The molecule has 1 aliphatic rings. The van der Waals surface area contributed by atoms with E-state index in [1.807, 2.05) is 18.2 Å². The molecule has 0 bridgehead atoms. The number of anilines is 2. The second-order valence-electron chi connectivity index (χ2n) is 4.07. The molecule has 2 heteroatoms. The molecule has 0 saturated heterocycles. The number of fused-ring (bicyclic) bond motifs is 1. The molecule has 0 amide bonds. The molecule has 0 saturated carbocycles. The van der Waals surface area contributed by atoms with E-state index in [0.717, 1.165) is 12.1 Å². The zero-order valence-electron chi connectivity index (χ0n) is 8.98. The number of benzene rings is 2. The van der Waals surface area contributed by atoms with E-state index in [9.17, 15) is 0 Å². The van der Waals surface area contributed by atoms with E-state index >= 15 is 0 Å². The average Bonchev–Trinajstić information content (AvgIpc) is 2.72. The minimum atomic E-state index is 0.305. The molecule has 80 valence electrons. The fourth-order valence-corrected chi connectivity index (χ4v) is 2.12. The molecule has 1 aliphatic heterocycles. The lowest BCUT2D eigenvalue weighted by molar-refractivity contribution is 0.855. The summed E-state index contributed by atoms with van der Waals surface area (Å²) in [5, 5.41) is 6.95. The van der Waals surface area contributed by atoms with Crippen LogP contribution in [0, 0.1) is 0 Å². The molecule has 0 fully saturated rings. The van der Waals surface area contributed by atoms with Gasteiger partial charge in [-0.2, -0.15) is 0 Å². The summed E-state index contributed by atoms with van der Waals surface area (Å²) >= 11 is 0. The molecule has 1 heterocycles. The van der Waals surface area contributed by atoms with Gasteiger partial charge in [-0.05, 0) is 23.8 Å². The number of rotatable bonds is 2. The van der Waals surface area contributed by atoms with E-state index in [1.54, 1.807) is 0 Å². The average molecular weight is 210 g/mol. The third kappa shape index (κ3) is 1.74. The Labute approximate surface area is 95.3 Å². The van der Waals surface area contributed by atoms with Gasteiger partial charge in [-0.1, -0.05) is 36.4 Å². The molecule has 2 aromatic rings. The van der Waals surface area contributed by atoms with Crippen molar-refractivity contribution in [1.82, 2.24) is 0 Å². The SMILES string of the molecule is c1ccc(NC2Cc3ccccc3N2)cc1. The minimum absolute atomic E-state index is 0.305. The molecule has 1 unspecified atom stereocenters. The zero-order valence-corrected chi connectivity index (χ0v) is 8.98. The van der Waals surface area contributed by atoms with Gasteiger partial charge in [0.05, 0.1) is 0 Å². The Morgan fingerprint density at radius 1 is 0.938 bits per heavy atom. The van der Waals surface area contributed by atoms with Gasteiger partial charge in [0, 0.05) is 17.8 Å². The Morgan fingerprint density at radius 3 is 2.50 bits per heavy atom. The normalized spacial score (nSPS) is 17.6. The zero-order chi connectivity index (χ0) is 10.8. The van der Waals surface area contributed by atoms with E-state index in [-0.39, 0.29) is 0 Å². The van der Waals surface area contributed by atoms with Crippen LogP contribution >= 0.6 is 0 Å². The van der Waals surface area contributed by atoms with Crippen LogP contribution in [-0.4, -0.2) is 6.17 Å². The van der Waals surface area contributed by atoms with Crippen molar-refractivity contribution < 1.29 is 0 Å². The Kier molecular flexibility index (Phi) is 2.26. The predicted octanol–water partition coefficient (Wildman–Crippen LogP) is 3.09. The fraction of sp³-hybridized carbons (Fsp3) is 0.143. The first-order valence-corrected chi connectivity index (χ1v) is 5.58. The van der Waals surface area contributed by atoms with Gasteiger partial charge in [-0.25, -0.2) is 0 Å². The number of hydrogen-bond donors (Lipinski definition) is 2. The van der Waals surface area contributed by atoms with Gasteiger partial charge >= 0.3 is 0 Å². The van der Waals surface area contributed by atoms with Crippen molar-refractivity contribution in [3.8, 4) is 0 Å². The van der Waals surface area contributed by atoms with Gasteiger partial charge in [0.2, 0.25) is 0 Å².